The normalized spacial score (nSPS) is 15.7. The van der Waals surface area contributed by atoms with Gasteiger partial charge in [0.25, 0.3) is 0 Å². The molecule has 0 spiro atoms. The third-order valence-corrected chi connectivity index (χ3v) is 3.17. The fourth-order valence-electron chi connectivity index (χ4n) is 1.94. The highest BCUT2D eigenvalue weighted by atomic mass is 127. The zero-order chi connectivity index (χ0) is 14.3. The standard InChI is InChI=1S/C14H26N4O.HI/c1-5-16-13(18-11-8-6-7-9-11)17-10-14(2,3)12(19)15-4;/h6-7,11H,5,8-10H2,1-4H3,(H,15,19)(H2,16,17,18);1H. The van der Waals surface area contributed by atoms with E-state index >= 15 is 0 Å². The van der Waals surface area contributed by atoms with Gasteiger partial charge in [-0.3, -0.25) is 9.79 Å². The van der Waals surface area contributed by atoms with E-state index in [1.165, 1.54) is 0 Å². The van der Waals surface area contributed by atoms with Crippen LogP contribution in [0.25, 0.3) is 0 Å². The summed E-state index contributed by atoms with van der Waals surface area (Å²) < 4.78 is 0. The Hall–Kier alpha value is -0.790. The number of aliphatic imine (C=N–C) groups is 1. The van der Waals surface area contributed by atoms with Gasteiger partial charge in [-0.15, -0.1) is 24.0 Å². The van der Waals surface area contributed by atoms with Gasteiger partial charge in [-0.05, 0) is 33.6 Å². The Bertz CT molecular complexity index is 358. The molecule has 0 aromatic rings. The highest BCUT2D eigenvalue weighted by molar-refractivity contribution is 14.0. The van der Waals surface area contributed by atoms with Gasteiger partial charge in [0.05, 0.1) is 12.0 Å². The van der Waals surface area contributed by atoms with E-state index in [-0.39, 0.29) is 29.9 Å². The second-order valence-corrected chi connectivity index (χ2v) is 5.44. The zero-order valence-corrected chi connectivity index (χ0v) is 15.2. The van der Waals surface area contributed by atoms with Gasteiger partial charge in [-0.1, -0.05) is 12.2 Å². The quantitative estimate of drug-likeness (QED) is 0.288. The molecule has 0 fully saturated rings. The Morgan fingerprint density at radius 3 is 2.45 bits per heavy atom. The molecule has 0 aromatic carbocycles. The third kappa shape index (κ3) is 6.11. The van der Waals surface area contributed by atoms with E-state index in [1.807, 2.05) is 20.8 Å². The molecule has 116 valence electrons. The second kappa shape index (κ2) is 9.20. The molecule has 0 atom stereocenters. The number of rotatable bonds is 5. The van der Waals surface area contributed by atoms with Crippen molar-refractivity contribution >= 4 is 35.8 Å². The number of nitrogens with zero attached hydrogens (tertiary/aromatic N) is 1. The van der Waals surface area contributed by atoms with Crippen molar-refractivity contribution < 1.29 is 4.79 Å². The van der Waals surface area contributed by atoms with Gasteiger partial charge in [-0.2, -0.15) is 0 Å². The van der Waals surface area contributed by atoms with E-state index in [9.17, 15) is 4.79 Å². The molecule has 0 bridgehead atoms. The summed E-state index contributed by atoms with van der Waals surface area (Å²) in [7, 11) is 1.65. The van der Waals surface area contributed by atoms with Gasteiger partial charge in [0, 0.05) is 19.6 Å². The summed E-state index contributed by atoms with van der Waals surface area (Å²) in [5, 5.41) is 9.28. The van der Waals surface area contributed by atoms with E-state index in [2.05, 4.69) is 33.1 Å². The van der Waals surface area contributed by atoms with Crippen molar-refractivity contribution in [1.82, 2.24) is 16.0 Å². The zero-order valence-electron chi connectivity index (χ0n) is 12.8. The van der Waals surface area contributed by atoms with Crippen molar-refractivity contribution in [2.75, 3.05) is 20.1 Å². The number of carbonyl (C=O) groups excluding carboxylic acids is 1. The lowest BCUT2D eigenvalue weighted by atomic mass is 9.93. The average Bonchev–Trinajstić information content (AvgIpc) is 2.88. The molecule has 0 aromatic heterocycles. The third-order valence-electron chi connectivity index (χ3n) is 3.17. The summed E-state index contributed by atoms with van der Waals surface area (Å²) in [5.41, 5.74) is -0.495. The monoisotopic (exact) mass is 394 g/mol. The van der Waals surface area contributed by atoms with Crippen LogP contribution in [0.15, 0.2) is 17.1 Å². The van der Waals surface area contributed by atoms with E-state index in [1.54, 1.807) is 7.05 Å². The van der Waals surface area contributed by atoms with Crippen LogP contribution in [0.2, 0.25) is 0 Å². The Morgan fingerprint density at radius 1 is 1.35 bits per heavy atom. The summed E-state index contributed by atoms with van der Waals surface area (Å²) in [6, 6.07) is 0.418. The number of nitrogens with one attached hydrogen (secondary N) is 3. The lowest BCUT2D eigenvalue weighted by Gasteiger charge is -2.22. The highest BCUT2D eigenvalue weighted by Gasteiger charge is 2.26. The van der Waals surface area contributed by atoms with E-state index in [4.69, 9.17) is 0 Å². The Kier molecular flexibility index (Phi) is 8.84. The Balaban J connectivity index is 0.00000361. The molecule has 20 heavy (non-hydrogen) atoms. The SMILES string of the molecule is CCNC(=NCC(C)(C)C(=O)NC)NC1CC=CC1.I. The maximum Gasteiger partial charge on any atom is 0.227 e. The first-order valence-electron chi connectivity index (χ1n) is 6.91. The first-order chi connectivity index (χ1) is 8.99. The number of guanidine groups is 1. The number of halogens is 1. The van der Waals surface area contributed by atoms with Crippen molar-refractivity contribution in [1.29, 1.82) is 0 Å². The molecule has 1 aliphatic carbocycles. The topological polar surface area (TPSA) is 65.5 Å². The number of hydrogen-bond donors (Lipinski definition) is 3. The maximum atomic E-state index is 11.7. The lowest BCUT2D eigenvalue weighted by Crippen LogP contribution is -2.44. The summed E-state index contributed by atoms with van der Waals surface area (Å²) in [6.45, 7) is 7.11. The molecule has 0 heterocycles. The predicted molar refractivity (Wildman–Crippen MR) is 94.5 cm³/mol. The fraction of sp³-hybridized carbons (Fsp3) is 0.714. The van der Waals surface area contributed by atoms with Crippen LogP contribution in [-0.2, 0) is 4.79 Å². The van der Waals surface area contributed by atoms with Gasteiger partial charge < -0.3 is 16.0 Å². The molecule has 0 radical (unpaired) electrons. The van der Waals surface area contributed by atoms with Crippen LogP contribution in [0.1, 0.15) is 33.6 Å². The predicted octanol–water partition coefficient (Wildman–Crippen LogP) is 1.65. The fourth-order valence-corrected chi connectivity index (χ4v) is 1.94. The number of amides is 1. The average molecular weight is 394 g/mol. The summed E-state index contributed by atoms with van der Waals surface area (Å²) in [5.74, 6) is 0.794. The van der Waals surface area contributed by atoms with Crippen LogP contribution in [0, 0.1) is 5.41 Å². The van der Waals surface area contributed by atoms with Crippen LogP contribution in [0.5, 0.6) is 0 Å². The number of hydrogen-bond acceptors (Lipinski definition) is 2. The minimum absolute atomic E-state index is 0. The minimum Gasteiger partial charge on any atom is -0.359 e. The van der Waals surface area contributed by atoms with Crippen molar-refractivity contribution in [3.05, 3.63) is 12.2 Å². The molecule has 1 rings (SSSR count). The molecule has 6 heteroatoms. The van der Waals surface area contributed by atoms with Crippen LogP contribution in [-0.4, -0.2) is 38.0 Å². The van der Waals surface area contributed by atoms with Gasteiger partial charge >= 0.3 is 0 Å². The first kappa shape index (κ1) is 19.2. The van der Waals surface area contributed by atoms with Crippen molar-refractivity contribution in [3.63, 3.8) is 0 Å². The molecular formula is C14H27IN4O. The van der Waals surface area contributed by atoms with Gasteiger partial charge in [0.15, 0.2) is 5.96 Å². The lowest BCUT2D eigenvalue weighted by molar-refractivity contribution is -0.128. The molecule has 1 amide bonds. The molecule has 3 N–H and O–H groups in total. The summed E-state index contributed by atoms with van der Waals surface area (Å²) in [6.07, 6.45) is 6.41. The second-order valence-electron chi connectivity index (χ2n) is 5.44. The molecule has 0 unspecified atom stereocenters. The molecule has 0 aliphatic heterocycles. The van der Waals surface area contributed by atoms with Crippen molar-refractivity contribution in [3.8, 4) is 0 Å². The van der Waals surface area contributed by atoms with Gasteiger partial charge in [0.1, 0.15) is 0 Å². The highest BCUT2D eigenvalue weighted by Crippen LogP contribution is 2.15. The van der Waals surface area contributed by atoms with Crippen LogP contribution < -0.4 is 16.0 Å². The first-order valence-corrected chi connectivity index (χ1v) is 6.91. The van der Waals surface area contributed by atoms with Gasteiger partial charge in [0.2, 0.25) is 5.91 Å². The van der Waals surface area contributed by atoms with E-state index < -0.39 is 5.41 Å². The van der Waals surface area contributed by atoms with Crippen LogP contribution in [0.4, 0.5) is 0 Å². The smallest absolute Gasteiger partial charge is 0.227 e. The molecule has 1 aliphatic rings. The van der Waals surface area contributed by atoms with E-state index in [0.29, 0.717) is 12.6 Å². The molecular weight excluding hydrogens is 367 g/mol. The Labute approximate surface area is 139 Å². The van der Waals surface area contributed by atoms with E-state index in [0.717, 1.165) is 25.3 Å². The molecule has 5 nitrogen and oxygen atoms in total. The number of carbonyl (C=O) groups is 1. The largest absolute Gasteiger partial charge is 0.359 e. The van der Waals surface area contributed by atoms with Crippen molar-refractivity contribution in [2.45, 2.75) is 39.7 Å². The molecule has 0 saturated carbocycles. The molecule has 0 saturated heterocycles. The van der Waals surface area contributed by atoms with Crippen LogP contribution in [0.3, 0.4) is 0 Å². The van der Waals surface area contributed by atoms with Gasteiger partial charge in [-0.25, -0.2) is 0 Å². The summed E-state index contributed by atoms with van der Waals surface area (Å²) in [4.78, 5) is 16.2. The summed E-state index contributed by atoms with van der Waals surface area (Å²) >= 11 is 0. The Morgan fingerprint density at radius 2 is 1.95 bits per heavy atom. The minimum atomic E-state index is -0.495. The van der Waals surface area contributed by atoms with Crippen molar-refractivity contribution in [2.24, 2.45) is 10.4 Å². The van der Waals surface area contributed by atoms with Crippen LogP contribution >= 0.6 is 24.0 Å². The maximum absolute atomic E-state index is 11.7.